The molecule has 8 heteroatoms. The van der Waals surface area contributed by atoms with E-state index in [0.717, 1.165) is 17.1 Å². The number of aryl methyl sites for hydroxylation is 1. The van der Waals surface area contributed by atoms with Crippen molar-refractivity contribution >= 4 is 17.7 Å². The third-order valence-electron chi connectivity index (χ3n) is 3.19. The highest BCUT2D eigenvalue weighted by Gasteiger charge is 2.20. The topological polar surface area (TPSA) is 82.2 Å². The number of carbonyl (C=O) groups is 1. The summed E-state index contributed by atoms with van der Waals surface area (Å²) < 4.78 is 12.1. The highest BCUT2D eigenvalue weighted by molar-refractivity contribution is 8.00. The number of amides is 1. The first-order chi connectivity index (χ1) is 10.5. The molecule has 0 aliphatic heterocycles. The van der Waals surface area contributed by atoms with Gasteiger partial charge in [0.15, 0.2) is 11.0 Å². The van der Waals surface area contributed by atoms with Crippen LogP contribution in [0.3, 0.4) is 0 Å². The van der Waals surface area contributed by atoms with Crippen LogP contribution in [-0.2, 0) is 16.6 Å². The van der Waals surface area contributed by atoms with E-state index in [1.807, 2.05) is 31.5 Å². The first-order valence-electron chi connectivity index (χ1n) is 6.91. The molecule has 0 saturated heterocycles. The fourth-order valence-corrected chi connectivity index (χ4v) is 2.74. The molecule has 0 bridgehead atoms. The van der Waals surface area contributed by atoms with E-state index >= 15 is 0 Å². The van der Waals surface area contributed by atoms with E-state index in [0.29, 0.717) is 18.3 Å². The van der Waals surface area contributed by atoms with Crippen molar-refractivity contribution in [3.05, 3.63) is 18.1 Å². The zero-order valence-corrected chi connectivity index (χ0v) is 13.9. The van der Waals surface area contributed by atoms with Crippen LogP contribution >= 0.6 is 11.8 Å². The fourth-order valence-electron chi connectivity index (χ4n) is 1.90. The van der Waals surface area contributed by atoms with Gasteiger partial charge in [-0.2, -0.15) is 0 Å². The summed E-state index contributed by atoms with van der Waals surface area (Å²) in [5.74, 6) is 1.46. The maximum atomic E-state index is 12.0. The summed E-state index contributed by atoms with van der Waals surface area (Å²) in [5, 5.41) is 11.6. The Kier molecular flexibility index (Phi) is 5.62. The van der Waals surface area contributed by atoms with Gasteiger partial charge in [-0.25, -0.2) is 0 Å². The van der Waals surface area contributed by atoms with Crippen molar-refractivity contribution in [2.75, 3.05) is 20.3 Å². The van der Waals surface area contributed by atoms with Crippen molar-refractivity contribution in [1.82, 2.24) is 20.1 Å². The second-order valence-electron chi connectivity index (χ2n) is 4.80. The summed E-state index contributed by atoms with van der Waals surface area (Å²) in [4.78, 5) is 12.0. The average Bonchev–Trinajstić information content (AvgIpc) is 3.06. The predicted octanol–water partition coefficient (Wildman–Crippen LogP) is 1.63. The molecule has 0 aliphatic carbocycles. The quantitative estimate of drug-likeness (QED) is 0.616. The molecule has 22 heavy (non-hydrogen) atoms. The number of hydrogen-bond donors (Lipinski definition) is 1. The molecule has 120 valence electrons. The molecule has 2 aromatic rings. The standard InChI is InChI=1S/C14H20N4O3S/c1-9-11(5-7-21-9)12-16-17-14(18(12)3)22-10(2)13(19)15-6-8-20-4/h5,7,10H,6,8H2,1-4H3,(H,15,19)/t10-/m1/s1. The third kappa shape index (κ3) is 3.69. The van der Waals surface area contributed by atoms with Crippen molar-refractivity contribution in [2.45, 2.75) is 24.3 Å². The van der Waals surface area contributed by atoms with Crippen LogP contribution in [-0.4, -0.2) is 46.2 Å². The predicted molar refractivity (Wildman–Crippen MR) is 83.6 cm³/mol. The zero-order chi connectivity index (χ0) is 16.1. The second kappa shape index (κ2) is 7.46. The van der Waals surface area contributed by atoms with Gasteiger partial charge in [0.25, 0.3) is 0 Å². The molecular formula is C14H20N4O3S. The largest absolute Gasteiger partial charge is 0.469 e. The Hall–Kier alpha value is -1.80. The molecule has 0 aromatic carbocycles. The van der Waals surface area contributed by atoms with E-state index in [9.17, 15) is 4.79 Å². The van der Waals surface area contributed by atoms with E-state index in [2.05, 4.69) is 15.5 Å². The van der Waals surface area contributed by atoms with E-state index in [-0.39, 0.29) is 11.2 Å². The van der Waals surface area contributed by atoms with Crippen LogP contribution in [0.25, 0.3) is 11.4 Å². The van der Waals surface area contributed by atoms with Gasteiger partial charge in [-0.15, -0.1) is 10.2 Å². The molecule has 1 N–H and O–H groups in total. The van der Waals surface area contributed by atoms with Gasteiger partial charge < -0.3 is 19.0 Å². The fraction of sp³-hybridized carbons (Fsp3) is 0.500. The molecule has 2 heterocycles. The number of nitrogens with zero attached hydrogens (tertiary/aromatic N) is 3. The third-order valence-corrected chi connectivity index (χ3v) is 4.33. The number of rotatable bonds is 7. The number of carbonyl (C=O) groups excluding carboxylic acids is 1. The number of hydrogen-bond acceptors (Lipinski definition) is 6. The van der Waals surface area contributed by atoms with Gasteiger partial charge in [0.1, 0.15) is 5.76 Å². The molecule has 0 aliphatic rings. The molecule has 7 nitrogen and oxygen atoms in total. The van der Waals surface area contributed by atoms with Crippen LogP contribution in [0, 0.1) is 6.92 Å². The summed E-state index contributed by atoms with van der Waals surface area (Å²) in [5.41, 5.74) is 0.902. The maximum absolute atomic E-state index is 12.0. The van der Waals surface area contributed by atoms with Gasteiger partial charge in [0.2, 0.25) is 5.91 Å². The van der Waals surface area contributed by atoms with Crippen molar-refractivity contribution in [1.29, 1.82) is 0 Å². The molecule has 1 amide bonds. The van der Waals surface area contributed by atoms with Crippen LogP contribution in [0.5, 0.6) is 0 Å². The molecule has 0 saturated carbocycles. The second-order valence-corrected chi connectivity index (χ2v) is 6.11. The highest BCUT2D eigenvalue weighted by atomic mass is 32.2. The Bertz CT molecular complexity index is 638. The van der Waals surface area contributed by atoms with Crippen molar-refractivity contribution in [3.8, 4) is 11.4 Å². The summed E-state index contributed by atoms with van der Waals surface area (Å²) in [7, 11) is 3.48. The van der Waals surface area contributed by atoms with E-state index in [1.54, 1.807) is 13.4 Å². The number of nitrogens with one attached hydrogen (secondary N) is 1. The minimum absolute atomic E-state index is 0.0499. The number of ether oxygens (including phenoxy) is 1. The normalized spacial score (nSPS) is 12.4. The van der Waals surface area contributed by atoms with Gasteiger partial charge >= 0.3 is 0 Å². The lowest BCUT2D eigenvalue weighted by Crippen LogP contribution is -2.33. The molecule has 0 spiro atoms. The molecule has 2 aromatic heterocycles. The van der Waals surface area contributed by atoms with E-state index < -0.39 is 0 Å². The van der Waals surface area contributed by atoms with Crippen molar-refractivity contribution in [2.24, 2.45) is 7.05 Å². The summed E-state index contributed by atoms with van der Waals surface area (Å²) in [6.07, 6.45) is 1.62. The van der Waals surface area contributed by atoms with Crippen LogP contribution in [0.4, 0.5) is 0 Å². The monoisotopic (exact) mass is 324 g/mol. The van der Waals surface area contributed by atoms with E-state index in [4.69, 9.17) is 9.15 Å². The van der Waals surface area contributed by atoms with Gasteiger partial charge in [-0.1, -0.05) is 11.8 Å². The SMILES string of the molecule is COCCNC(=O)[C@@H](C)Sc1nnc(-c2ccoc2C)n1C. The zero-order valence-electron chi connectivity index (χ0n) is 13.1. The Balaban J connectivity index is 2.03. The Morgan fingerprint density at radius 3 is 2.95 bits per heavy atom. The Morgan fingerprint density at radius 1 is 1.55 bits per heavy atom. The lowest BCUT2D eigenvalue weighted by atomic mass is 10.2. The minimum atomic E-state index is -0.266. The minimum Gasteiger partial charge on any atom is -0.469 e. The maximum Gasteiger partial charge on any atom is 0.233 e. The van der Waals surface area contributed by atoms with Gasteiger partial charge in [-0.05, 0) is 19.9 Å². The van der Waals surface area contributed by atoms with Crippen molar-refractivity contribution in [3.63, 3.8) is 0 Å². The molecular weight excluding hydrogens is 304 g/mol. The molecule has 0 radical (unpaired) electrons. The first kappa shape index (κ1) is 16.6. The lowest BCUT2D eigenvalue weighted by molar-refractivity contribution is -0.120. The highest BCUT2D eigenvalue weighted by Crippen LogP contribution is 2.27. The molecule has 1 atom stereocenters. The van der Waals surface area contributed by atoms with Crippen LogP contribution < -0.4 is 5.32 Å². The summed E-state index contributed by atoms with van der Waals surface area (Å²) >= 11 is 1.37. The van der Waals surface area contributed by atoms with E-state index in [1.165, 1.54) is 11.8 Å². The molecule has 2 rings (SSSR count). The molecule has 0 fully saturated rings. The average molecular weight is 324 g/mol. The lowest BCUT2D eigenvalue weighted by Gasteiger charge is -2.11. The van der Waals surface area contributed by atoms with Gasteiger partial charge in [-0.3, -0.25) is 4.79 Å². The van der Waals surface area contributed by atoms with Gasteiger partial charge in [0, 0.05) is 20.7 Å². The van der Waals surface area contributed by atoms with Crippen LogP contribution in [0.2, 0.25) is 0 Å². The molecule has 0 unspecified atom stereocenters. The number of aromatic nitrogens is 3. The number of furan rings is 1. The summed E-state index contributed by atoms with van der Waals surface area (Å²) in [6, 6.07) is 1.86. The Labute approximate surface area is 133 Å². The van der Waals surface area contributed by atoms with Crippen LogP contribution in [0.15, 0.2) is 21.9 Å². The van der Waals surface area contributed by atoms with Crippen LogP contribution in [0.1, 0.15) is 12.7 Å². The Morgan fingerprint density at radius 2 is 2.32 bits per heavy atom. The smallest absolute Gasteiger partial charge is 0.233 e. The number of methoxy groups -OCH3 is 1. The van der Waals surface area contributed by atoms with Crippen molar-refractivity contribution < 1.29 is 13.9 Å². The summed E-state index contributed by atoms with van der Waals surface area (Å²) in [6.45, 7) is 4.71. The first-order valence-corrected chi connectivity index (χ1v) is 7.79. The van der Waals surface area contributed by atoms with Gasteiger partial charge in [0.05, 0.1) is 23.7 Å². The number of thioether (sulfide) groups is 1.